The predicted octanol–water partition coefficient (Wildman–Crippen LogP) is 2.03. The Kier molecular flexibility index (Phi) is 7.85. The maximum atomic E-state index is 13.0. The third kappa shape index (κ3) is 6.52. The molecule has 3 rings (SSSR count). The molecule has 0 atom stereocenters. The highest BCUT2D eigenvalue weighted by Crippen LogP contribution is 2.26. The molecule has 0 aromatic carbocycles. The number of pyridine rings is 3. The molecular formula is C24H33N7O3. The summed E-state index contributed by atoms with van der Waals surface area (Å²) >= 11 is 0. The normalized spacial score (nSPS) is 11.6. The zero-order valence-corrected chi connectivity index (χ0v) is 20.3. The molecule has 0 spiro atoms. The van der Waals surface area contributed by atoms with Crippen LogP contribution >= 0.6 is 0 Å². The first-order valence-corrected chi connectivity index (χ1v) is 11.2. The highest BCUT2D eigenvalue weighted by Gasteiger charge is 2.17. The average Bonchev–Trinajstić information content (AvgIpc) is 2.74. The molecular weight excluding hydrogens is 434 g/mol. The Hall–Kier alpha value is -3.50. The summed E-state index contributed by atoms with van der Waals surface area (Å²) in [5.74, 6) is 1.19. The van der Waals surface area contributed by atoms with Crippen LogP contribution in [0.4, 0.5) is 17.5 Å². The summed E-state index contributed by atoms with van der Waals surface area (Å²) in [6.45, 7) is 7.30. The van der Waals surface area contributed by atoms with Crippen LogP contribution in [-0.4, -0.2) is 69.8 Å². The van der Waals surface area contributed by atoms with E-state index in [0.29, 0.717) is 40.3 Å². The highest BCUT2D eigenvalue weighted by molar-refractivity contribution is 5.95. The second kappa shape index (κ2) is 10.6. The Morgan fingerprint density at radius 3 is 2.62 bits per heavy atom. The Balaban J connectivity index is 1.94. The van der Waals surface area contributed by atoms with Gasteiger partial charge in [0.15, 0.2) is 0 Å². The number of aliphatic hydroxyl groups excluding tert-OH is 1. The number of nitrogens with one attached hydrogen (secondary N) is 3. The van der Waals surface area contributed by atoms with Crippen LogP contribution in [0.15, 0.2) is 41.5 Å². The topological polar surface area (TPSA) is 124 Å². The molecule has 0 unspecified atom stereocenters. The number of amides is 1. The molecule has 1 amide bonds. The van der Waals surface area contributed by atoms with Crippen molar-refractivity contribution < 1.29 is 9.90 Å². The first kappa shape index (κ1) is 25.1. The second-order valence-corrected chi connectivity index (χ2v) is 9.35. The summed E-state index contributed by atoms with van der Waals surface area (Å²) in [6, 6.07) is 6.89. The van der Waals surface area contributed by atoms with E-state index in [1.165, 1.54) is 4.57 Å². The summed E-state index contributed by atoms with van der Waals surface area (Å²) < 4.78 is 1.46. The number of carbonyl (C=O) groups excluding carboxylic acids is 1. The molecule has 0 aliphatic carbocycles. The van der Waals surface area contributed by atoms with Crippen molar-refractivity contribution in [3.05, 3.63) is 52.6 Å². The molecule has 0 bridgehead atoms. The number of likely N-dealkylation sites (N-methyl/N-ethyl adjacent to an activating group) is 1. The second-order valence-electron chi connectivity index (χ2n) is 9.35. The molecule has 0 saturated heterocycles. The van der Waals surface area contributed by atoms with Crippen LogP contribution in [-0.2, 0) is 6.54 Å². The fraction of sp³-hybridized carbons (Fsp3) is 0.417. The third-order valence-electron chi connectivity index (χ3n) is 4.92. The summed E-state index contributed by atoms with van der Waals surface area (Å²) in [4.78, 5) is 36.5. The van der Waals surface area contributed by atoms with Crippen molar-refractivity contribution in [1.29, 1.82) is 0 Å². The zero-order valence-electron chi connectivity index (χ0n) is 20.3. The van der Waals surface area contributed by atoms with Crippen LogP contribution in [0.3, 0.4) is 0 Å². The summed E-state index contributed by atoms with van der Waals surface area (Å²) in [6.07, 6.45) is 3.22. The van der Waals surface area contributed by atoms with Gasteiger partial charge in [-0.25, -0.2) is 9.97 Å². The largest absolute Gasteiger partial charge is 0.395 e. The Morgan fingerprint density at radius 1 is 1.18 bits per heavy atom. The molecule has 3 aromatic rings. The van der Waals surface area contributed by atoms with Crippen molar-refractivity contribution in [2.45, 2.75) is 32.9 Å². The lowest BCUT2D eigenvalue weighted by molar-refractivity contribution is 0.0951. The molecule has 10 nitrogen and oxygen atoms in total. The molecule has 3 heterocycles. The van der Waals surface area contributed by atoms with Crippen LogP contribution in [0.5, 0.6) is 0 Å². The molecule has 182 valence electrons. The summed E-state index contributed by atoms with van der Waals surface area (Å²) in [5, 5.41) is 19.8. The van der Waals surface area contributed by atoms with Crippen LogP contribution in [0, 0.1) is 0 Å². The van der Waals surface area contributed by atoms with E-state index in [0.717, 1.165) is 6.54 Å². The SMILES string of the molecule is CN(C)CCNC(=O)c1ccnc(Nc2cc3ccn(CCO)c(=O)c3c(NC(C)(C)C)n2)c1. The van der Waals surface area contributed by atoms with Crippen molar-refractivity contribution in [2.24, 2.45) is 0 Å². The van der Waals surface area contributed by atoms with Crippen LogP contribution in [0.1, 0.15) is 31.1 Å². The number of aromatic nitrogens is 3. The molecule has 0 aliphatic heterocycles. The van der Waals surface area contributed by atoms with E-state index < -0.39 is 0 Å². The summed E-state index contributed by atoms with van der Waals surface area (Å²) in [7, 11) is 3.89. The number of rotatable bonds is 9. The van der Waals surface area contributed by atoms with Gasteiger partial charge in [-0.3, -0.25) is 9.59 Å². The maximum Gasteiger partial charge on any atom is 0.262 e. The van der Waals surface area contributed by atoms with Crippen LogP contribution in [0.2, 0.25) is 0 Å². The Morgan fingerprint density at radius 2 is 1.94 bits per heavy atom. The van der Waals surface area contributed by atoms with Crippen LogP contribution in [0.25, 0.3) is 10.8 Å². The predicted molar refractivity (Wildman–Crippen MR) is 135 cm³/mol. The van der Waals surface area contributed by atoms with Gasteiger partial charge in [-0.05, 0) is 64.5 Å². The Bertz CT molecular complexity index is 1220. The van der Waals surface area contributed by atoms with Gasteiger partial charge in [-0.2, -0.15) is 0 Å². The standard InChI is InChI=1S/C24H33N7O3/c1-24(2,3)29-21-20-16(7-10-31(12-13-32)23(20)34)14-19(28-21)27-18-15-17(6-8-25-18)22(33)26-9-11-30(4)5/h6-8,10,14-15,32H,9,11-13H2,1-5H3,(H,26,33)(H2,25,27,28,29). The molecule has 0 radical (unpaired) electrons. The highest BCUT2D eigenvalue weighted by atomic mass is 16.3. The zero-order chi connectivity index (χ0) is 24.9. The van der Waals surface area contributed by atoms with Gasteiger partial charge in [0.2, 0.25) is 0 Å². The number of aliphatic hydroxyl groups is 1. The molecule has 10 heteroatoms. The van der Waals surface area contributed by atoms with Gasteiger partial charge in [-0.1, -0.05) is 0 Å². The van der Waals surface area contributed by atoms with Crippen molar-refractivity contribution in [3.63, 3.8) is 0 Å². The number of carbonyl (C=O) groups is 1. The van der Waals surface area contributed by atoms with E-state index in [9.17, 15) is 14.7 Å². The quantitative estimate of drug-likeness (QED) is 0.377. The number of nitrogens with zero attached hydrogens (tertiary/aromatic N) is 4. The third-order valence-corrected chi connectivity index (χ3v) is 4.92. The van der Waals surface area contributed by atoms with E-state index in [2.05, 4.69) is 25.9 Å². The minimum Gasteiger partial charge on any atom is -0.395 e. The molecule has 4 N–H and O–H groups in total. The van der Waals surface area contributed by atoms with E-state index in [-0.39, 0.29) is 30.2 Å². The first-order chi connectivity index (χ1) is 16.1. The molecule has 3 aromatic heterocycles. The molecule has 0 saturated carbocycles. The van der Waals surface area contributed by atoms with Crippen LogP contribution < -0.4 is 21.5 Å². The monoisotopic (exact) mass is 467 g/mol. The molecule has 0 fully saturated rings. The van der Waals surface area contributed by atoms with E-state index in [1.54, 1.807) is 30.6 Å². The van der Waals surface area contributed by atoms with Gasteiger partial charge in [0.05, 0.1) is 12.0 Å². The van der Waals surface area contributed by atoms with Gasteiger partial charge >= 0.3 is 0 Å². The average molecular weight is 468 g/mol. The lowest BCUT2D eigenvalue weighted by Gasteiger charge is -2.23. The van der Waals surface area contributed by atoms with Gasteiger partial charge in [0.1, 0.15) is 17.5 Å². The number of hydrogen-bond donors (Lipinski definition) is 4. The molecule has 0 aliphatic rings. The lowest BCUT2D eigenvalue weighted by Crippen LogP contribution is -2.31. The van der Waals surface area contributed by atoms with E-state index >= 15 is 0 Å². The first-order valence-electron chi connectivity index (χ1n) is 11.2. The lowest BCUT2D eigenvalue weighted by atomic mass is 10.1. The molecule has 34 heavy (non-hydrogen) atoms. The van der Waals surface area contributed by atoms with Gasteiger partial charge < -0.3 is 30.5 Å². The fourth-order valence-corrected chi connectivity index (χ4v) is 3.36. The van der Waals surface area contributed by atoms with Gasteiger partial charge in [-0.15, -0.1) is 0 Å². The maximum absolute atomic E-state index is 13.0. The van der Waals surface area contributed by atoms with Crippen molar-refractivity contribution >= 4 is 34.1 Å². The number of hydrogen-bond acceptors (Lipinski definition) is 8. The summed E-state index contributed by atoms with van der Waals surface area (Å²) in [5.41, 5.74) is -0.0883. The fourth-order valence-electron chi connectivity index (χ4n) is 3.36. The van der Waals surface area contributed by atoms with Gasteiger partial charge in [0, 0.05) is 43.1 Å². The minimum atomic E-state index is -0.342. The number of fused-ring (bicyclic) bond motifs is 1. The number of anilines is 3. The Labute approximate surface area is 199 Å². The van der Waals surface area contributed by atoms with Crippen molar-refractivity contribution in [2.75, 3.05) is 44.4 Å². The van der Waals surface area contributed by atoms with E-state index in [4.69, 9.17) is 0 Å². The minimum absolute atomic E-state index is 0.134. The smallest absolute Gasteiger partial charge is 0.262 e. The van der Waals surface area contributed by atoms with Gasteiger partial charge in [0.25, 0.3) is 11.5 Å². The van der Waals surface area contributed by atoms with Crippen molar-refractivity contribution in [3.8, 4) is 0 Å². The van der Waals surface area contributed by atoms with Crippen molar-refractivity contribution in [1.82, 2.24) is 24.8 Å². The van der Waals surface area contributed by atoms with E-state index in [1.807, 2.05) is 45.8 Å².